The van der Waals surface area contributed by atoms with Gasteiger partial charge in [0.25, 0.3) is 0 Å². The predicted molar refractivity (Wildman–Crippen MR) is 58.0 cm³/mol. The second kappa shape index (κ2) is 6.89. The molecular formula is C12H15NO. The summed E-state index contributed by atoms with van der Waals surface area (Å²) in [7, 11) is 0. The Bertz CT molecular complexity index is 280. The Morgan fingerprint density at radius 2 is 1.93 bits per heavy atom. The highest BCUT2D eigenvalue weighted by atomic mass is 16.1. The fraction of sp³-hybridized carbons (Fsp3) is 0.250. The molecule has 0 aliphatic carbocycles. The number of hydrogen-bond donors (Lipinski definition) is 1. The molecule has 1 rings (SSSR count). The van der Waals surface area contributed by atoms with Gasteiger partial charge in [-0.2, -0.15) is 0 Å². The molecule has 0 fully saturated rings. The van der Waals surface area contributed by atoms with E-state index in [-0.39, 0.29) is 0 Å². The zero-order valence-corrected chi connectivity index (χ0v) is 8.15. The van der Waals surface area contributed by atoms with Gasteiger partial charge in [0.15, 0.2) is 0 Å². The third kappa shape index (κ3) is 4.45. The van der Waals surface area contributed by atoms with Gasteiger partial charge < -0.3 is 5.32 Å². The van der Waals surface area contributed by atoms with E-state index in [1.54, 1.807) is 0 Å². The van der Waals surface area contributed by atoms with Crippen LogP contribution in [0.2, 0.25) is 0 Å². The standard InChI is InChI=1S/C12H15NO/c14-11-13-10-6-2-5-9-12-7-3-1-4-8-12/h1-4,6-8,11H,5,9-10H2,(H,13,14). The summed E-state index contributed by atoms with van der Waals surface area (Å²) >= 11 is 0. The fourth-order valence-corrected chi connectivity index (χ4v) is 1.21. The van der Waals surface area contributed by atoms with Crippen molar-refractivity contribution >= 4 is 6.41 Å². The van der Waals surface area contributed by atoms with Gasteiger partial charge in [0, 0.05) is 6.54 Å². The molecule has 2 nitrogen and oxygen atoms in total. The summed E-state index contributed by atoms with van der Waals surface area (Å²) in [6.45, 7) is 0.623. The second-order valence-corrected chi connectivity index (χ2v) is 3.02. The molecule has 0 unspecified atom stereocenters. The lowest BCUT2D eigenvalue weighted by atomic mass is 10.1. The second-order valence-electron chi connectivity index (χ2n) is 3.02. The molecule has 0 spiro atoms. The van der Waals surface area contributed by atoms with Gasteiger partial charge in [-0.1, -0.05) is 42.5 Å². The first-order valence-electron chi connectivity index (χ1n) is 4.79. The van der Waals surface area contributed by atoms with E-state index in [1.807, 2.05) is 24.3 Å². The van der Waals surface area contributed by atoms with E-state index in [4.69, 9.17) is 0 Å². The molecule has 0 bridgehead atoms. The predicted octanol–water partition coefficient (Wildman–Crippen LogP) is 1.92. The van der Waals surface area contributed by atoms with Gasteiger partial charge in [-0.15, -0.1) is 0 Å². The summed E-state index contributed by atoms with van der Waals surface area (Å²) < 4.78 is 0. The van der Waals surface area contributed by atoms with Crippen molar-refractivity contribution in [1.29, 1.82) is 0 Å². The van der Waals surface area contributed by atoms with Crippen LogP contribution in [0, 0.1) is 0 Å². The van der Waals surface area contributed by atoms with E-state index in [0.717, 1.165) is 12.8 Å². The van der Waals surface area contributed by atoms with E-state index < -0.39 is 0 Å². The SMILES string of the molecule is O=CNCC=CCCc1ccccc1. The van der Waals surface area contributed by atoms with Crippen LogP contribution in [0.1, 0.15) is 12.0 Å². The van der Waals surface area contributed by atoms with E-state index in [9.17, 15) is 4.79 Å². The largest absolute Gasteiger partial charge is 0.355 e. The number of rotatable bonds is 6. The van der Waals surface area contributed by atoms with Gasteiger partial charge >= 0.3 is 0 Å². The van der Waals surface area contributed by atoms with Crippen LogP contribution in [0.25, 0.3) is 0 Å². The van der Waals surface area contributed by atoms with Crippen LogP contribution in [0.15, 0.2) is 42.5 Å². The third-order valence-electron chi connectivity index (χ3n) is 1.93. The molecule has 0 heterocycles. The van der Waals surface area contributed by atoms with E-state index in [1.165, 1.54) is 5.56 Å². The van der Waals surface area contributed by atoms with E-state index in [2.05, 4.69) is 23.5 Å². The van der Waals surface area contributed by atoms with Gasteiger partial charge in [-0.3, -0.25) is 4.79 Å². The monoisotopic (exact) mass is 189 g/mol. The summed E-state index contributed by atoms with van der Waals surface area (Å²) in [5, 5.41) is 2.58. The van der Waals surface area contributed by atoms with Crippen LogP contribution < -0.4 is 5.32 Å². The number of benzene rings is 1. The van der Waals surface area contributed by atoms with Gasteiger partial charge in [-0.05, 0) is 18.4 Å². The number of amides is 1. The maximum atomic E-state index is 9.91. The Hall–Kier alpha value is -1.57. The molecule has 1 aromatic rings. The molecular weight excluding hydrogens is 174 g/mol. The maximum absolute atomic E-state index is 9.91. The fourth-order valence-electron chi connectivity index (χ4n) is 1.21. The first kappa shape index (κ1) is 10.5. The molecule has 14 heavy (non-hydrogen) atoms. The lowest BCUT2D eigenvalue weighted by Crippen LogP contribution is -2.09. The van der Waals surface area contributed by atoms with Crippen LogP contribution in [0.3, 0.4) is 0 Å². The van der Waals surface area contributed by atoms with Crippen LogP contribution >= 0.6 is 0 Å². The number of carbonyl (C=O) groups excluding carboxylic acids is 1. The Labute approximate surface area is 84.6 Å². The minimum Gasteiger partial charge on any atom is -0.355 e. The van der Waals surface area contributed by atoms with Crippen molar-refractivity contribution in [2.75, 3.05) is 6.54 Å². The van der Waals surface area contributed by atoms with Crippen molar-refractivity contribution in [3.63, 3.8) is 0 Å². The van der Waals surface area contributed by atoms with Crippen molar-refractivity contribution in [3.8, 4) is 0 Å². The molecule has 0 aromatic heterocycles. The summed E-state index contributed by atoms with van der Waals surface area (Å²) in [5.74, 6) is 0. The van der Waals surface area contributed by atoms with Crippen LogP contribution in [-0.2, 0) is 11.2 Å². The molecule has 0 aliphatic rings. The summed E-state index contributed by atoms with van der Waals surface area (Å²) in [6.07, 6.45) is 6.84. The Kier molecular flexibility index (Phi) is 5.18. The van der Waals surface area contributed by atoms with Crippen LogP contribution in [-0.4, -0.2) is 13.0 Å². The van der Waals surface area contributed by atoms with Crippen molar-refractivity contribution in [1.82, 2.24) is 5.32 Å². The summed E-state index contributed by atoms with van der Waals surface area (Å²) in [4.78, 5) is 9.91. The number of hydrogen-bond acceptors (Lipinski definition) is 1. The molecule has 0 atom stereocenters. The Morgan fingerprint density at radius 3 is 2.64 bits per heavy atom. The molecule has 0 radical (unpaired) electrons. The van der Waals surface area contributed by atoms with E-state index >= 15 is 0 Å². The highest BCUT2D eigenvalue weighted by Gasteiger charge is 1.87. The van der Waals surface area contributed by atoms with Gasteiger partial charge in [-0.25, -0.2) is 0 Å². The average Bonchev–Trinajstić information content (AvgIpc) is 2.25. The topological polar surface area (TPSA) is 29.1 Å². The highest BCUT2D eigenvalue weighted by Crippen LogP contribution is 2.02. The normalized spacial score (nSPS) is 10.3. The molecule has 0 saturated carbocycles. The van der Waals surface area contributed by atoms with Crippen molar-refractivity contribution in [3.05, 3.63) is 48.0 Å². The van der Waals surface area contributed by atoms with Crippen LogP contribution in [0.4, 0.5) is 0 Å². The molecule has 0 aliphatic heterocycles. The molecule has 74 valence electrons. The Morgan fingerprint density at radius 1 is 1.14 bits per heavy atom. The zero-order valence-electron chi connectivity index (χ0n) is 8.15. The zero-order chi connectivity index (χ0) is 10.1. The van der Waals surface area contributed by atoms with Crippen LogP contribution in [0.5, 0.6) is 0 Å². The summed E-state index contributed by atoms with van der Waals surface area (Å²) in [6, 6.07) is 10.4. The number of carbonyl (C=O) groups is 1. The Balaban J connectivity index is 2.15. The maximum Gasteiger partial charge on any atom is 0.207 e. The van der Waals surface area contributed by atoms with Gasteiger partial charge in [0.05, 0.1) is 0 Å². The van der Waals surface area contributed by atoms with Crippen molar-refractivity contribution in [2.24, 2.45) is 0 Å². The van der Waals surface area contributed by atoms with Crippen molar-refractivity contribution < 1.29 is 4.79 Å². The lowest BCUT2D eigenvalue weighted by Gasteiger charge is -1.96. The van der Waals surface area contributed by atoms with Crippen molar-refractivity contribution in [2.45, 2.75) is 12.8 Å². The highest BCUT2D eigenvalue weighted by molar-refractivity contribution is 5.46. The third-order valence-corrected chi connectivity index (χ3v) is 1.93. The molecule has 1 N–H and O–H groups in total. The first-order chi connectivity index (χ1) is 6.93. The average molecular weight is 189 g/mol. The molecule has 1 amide bonds. The smallest absolute Gasteiger partial charge is 0.207 e. The first-order valence-corrected chi connectivity index (χ1v) is 4.79. The molecule has 2 heteroatoms. The minimum atomic E-state index is 0.623. The lowest BCUT2D eigenvalue weighted by molar-refractivity contribution is -0.109. The number of allylic oxidation sites excluding steroid dienone is 1. The van der Waals surface area contributed by atoms with Gasteiger partial charge in [0.1, 0.15) is 0 Å². The quantitative estimate of drug-likeness (QED) is 0.413. The van der Waals surface area contributed by atoms with Gasteiger partial charge in [0.2, 0.25) is 6.41 Å². The summed E-state index contributed by atoms with van der Waals surface area (Å²) in [5.41, 5.74) is 1.35. The number of aryl methyl sites for hydroxylation is 1. The number of nitrogens with one attached hydrogen (secondary N) is 1. The molecule has 1 aromatic carbocycles. The molecule has 0 saturated heterocycles. The minimum absolute atomic E-state index is 0.623. The van der Waals surface area contributed by atoms with E-state index in [0.29, 0.717) is 13.0 Å².